The lowest BCUT2D eigenvalue weighted by molar-refractivity contribution is -0.144. The molecule has 1 aromatic carbocycles. The first-order chi connectivity index (χ1) is 8.38. The predicted molar refractivity (Wildman–Crippen MR) is 61.9 cm³/mol. The molecule has 0 spiro atoms. The van der Waals surface area contributed by atoms with Crippen LogP contribution in [0.25, 0.3) is 11.3 Å². The number of benzene rings is 1. The molecule has 0 amide bonds. The summed E-state index contributed by atoms with van der Waals surface area (Å²) in [5, 5.41) is 0. The molecule has 2 nitrogen and oxygen atoms in total. The third kappa shape index (κ3) is 2.50. The molecule has 0 aliphatic carbocycles. The summed E-state index contributed by atoms with van der Waals surface area (Å²) >= 11 is 0. The predicted octanol–water partition coefficient (Wildman–Crippen LogP) is 3.78. The number of alkyl halides is 3. The minimum absolute atomic E-state index is 0.278. The van der Waals surface area contributed by atoms with Gasteiger partial charge in [0.1, 0.15) is 0 Å². The van der Waals surface area contributed by atoms with Gasteiger partial charge in [-0.15, -0.1) is 0 Å². The van der Waals surface area contributed by atoms with Crippen LogP contribution in [0.1, 0.15) is 17.0 Å². The second-order valence-electron chi connectivity index (χ2n) is 4.06. The van der Waals surface area contributed by atoms with Gasteiger partial charge in [0.15, 0.2) is 0 Å². The third-order valence-electron chi connectivity index (χ3n) is 2.71. The Hall–Kier alpha value is -1.91. The van der Waals surface area contributed by atoms with E-state index in [-0.39, 0.29) is 5.69 Å². The molecule has 0 bridgehead atoms. The van der Waals surface area contributed by atoms with Crippen LogP contribution in [0.5, 0.6) is 0 Å². The Morgan fingerprint density at radius 3 is 2.33 bits per heavy atom. The number of rotatable bonds is 1. The van der Waals surface area contributed by atoms with Gasteiger partial charge < -0.3 is 0 Å². The van der Waals surface area contributed by atoms with Gasteiger partial charge in [0.2, 0.25) is 5.82 Å². The average Bonchev–Trinajstić information content (AvgIpc) is 2.32. The highest BCUT2D eigenvalue weighted by Gasteiger charge is 2.34. The zero-order valence-corrected chi connectivity index (χ0v) is 9.92. The fourth-order valence-electron chi connectivity index (χ4n) is 1.56. The average molecular weight is 252 g/mol. The molecular weight excluding hydrogens is 241 g/mol. The van der Waals surface area contributed by atoms with E-state index in [1.54, 1.807) is 6.07 Å². The van der Waals surface area contributed by atoms with E-state index in [1.807, 2.05) is 26.0 Å². The maximum Gasteiger partial charge on any atom is 0.451 e. The number of hydrogen-bond donors (Lipinski definition) is 0. The Morgan fingerprint density at radius 1 is 1.00 bits per heavy atom. The van der Waals surface area contributed by atoms with E-state index in [0.717, 1.165) is 17.3 Å². The molecule has 0 aliphatic heterocycles. The SMILES string of the molecule is Cc1ccc(-c2ccnc(C(F)(F)F)n2)cc1C. The third-order valence-corrected chi connectivity index (χ3v) is 2.71. The number of hydrogen-bond acceptors (Lipinski definition) is 2. The van der Waals surface area contributed by atoms with Crippen molar-refractivity contribution in [3.05, 3.63) is 47.4 Å². The molecule has 2 rings (SSSR count). The fourth-order valence-corrected chi connectivity index (χ4v) is 1.56. The molecule has 5 heteroatoms. The van der Waals surface area contributed by atoms with Gasteiger partial charge in [-0.1, -0.05) is 12.1 Å². The molecular formula is C13H11F3N2. The standard InChI is InChI=1S/C13H11F3N2/c1-8-3-4-10(7-9(8)2)11-5-6-17-12(18-11)13(14,15)16/h3-7H,1-2H3. The van der Waals surface area contributed by atoms with E-state index in [4.69, 9.17) is 0 Å². The minimum atomic E-state index is -4.52. The van der Waals surface area contributed by atoms with Crippen molar-refractivity contribution in [2.75, 3.05) is 0 Å². The second-order valence-corrected chi connectivity index (χ2v) is 4.06. The minimum Gasteiger partial charge on any atom is -0.233 e. The molecule has 2 aromatic rings. The lowest BCUT2D eigenvalue weighted by atomic mass is 10.0. The second kappa shape index (κ2) is 4.40. The molecule has 0 radical (unpaired) electrons. The largest absolute Gasteiger partial charge is 0.451 e. The van der Waals surface area contributed by atoms with Gasteiger partial charge in [-0.2, -0.15) is 13.2 Å². The zero-order chi connectivity index (χ0) is 13.3. The Kier molecular flexibility index (Phi) is 3.07. The molecule has 1 heterocycles. The van der Waals surface area contributed by atoms with Gasteiger partial charge in [0, 0.05) is 11.8 Å². The van der Waals surface area contributed by atoms with E-state index in [9.17, 15) is 13.2 Å². The summed E-state index contributed by atoms with van der Waals surface area (Å²) < 4.78 is 37.5. The Balaban J connectivity index is 2.48. The number of aromatic nitrogens is 2. The Morgan fingerprint density at radius 2 is 1.72 bits per heavy atom. The monoisotopic (exact) mass is 252 g/mol. The van der Waals surface area contributed by atoms with Crippen LogP contribution in [0.4, 0.5) is 13.2 Å². The van der Waals surface area contributed by atoms with Crippen LogP contribution in [-0.2, 0) is 6.18 Å². The van der Waals surface area contributed by atoms with Gasteiger partial charge in [0.05, 0.1) is 5.69 Å². The maximum atomic E-state index is 12.5. The van der Waals surface area contributed by atoms with Crippen LogP contribution in [-0.4, -0.2) is 9.97 Å². The highest BCUT2D eigenvalue weighted by Crippen LogP contribution is 2.28. The number of aryl methyl sites for hydroxylation is 2. The van der Waals surface area contributed by atoms with E-state index in [0.29, 0.717) is 5.56 Å². The lowest BCUT2D eigenvalue weighted by Crippen LogP contribution is -2.10. The lowest BCUT2D eigenvalue weighted by Gasteiger charge is -2.08. The highest BCUT2D eigenvalue weighted by atomic mass is 19.4. The number of nitrogens with zero attached hydrogens (tertiary/aromatic N) is 2. The van der Waals surface area contributed by atoms with Crippen molar-refractivity contribution in [1.82, 2.24) is 9.97 Å². The first kappa shape index (κ1) is 12.5. The van der Waals surface area contributed by atoms with Crippen molar-refractivity contribution in [3.8, 4) is 11.3 Å². The first-order valence-electron chi connectivity index (χ1n) is 5.36. The van der Waals surface area contributed by atoms with Crippen LogP contribution < -0.4 is 0 Å². The van der Waals surface area contributed by atoms with Crippen LogP contribution in [0.15, 0.2) is 30.5 Å². The van der Waals surface area contributed by atoms with Crippen molar-refractivity contribution in [2.24, 2.45) is 0 Å². The smallest absolute Gasteiger partial charge is 0.233 e. The molecule has 0 saturated heterocycles. The molecule has 0 unspecified atom stereocenters. The first-order valence-corrected chi connectivity index (χ1v) is 5.36. The molecule has 0 atom stereocenters. The van der Waals surface area contributed by atoms with Crippen LogP contribution in [0, 0.1) is 13.8 Å². The summed E-state index contributed by atoms with van der Waals surface area (Å²) in [6.45, 7) is 3.85. The summed E-state index contributed by atoms with van der Waals surface area (Å²) in [5.41, 5.74) is 3.04. The Bertz CT molecular complexity index is 577. The van der Waals surface area contributed by atoms with Crippen molar-refractivity contribution < 1.29 is 13.2 Å². The summed E-state index contributed by atoms with van der Waals surface area (Å²) in [4.78, 5) is 6.79. The van der Waals surface area contributed by atoms with Gasteiger partial charge in [-0.3, -0.25) is 0 Å². The van der Waals surface area contributed by atoms with Crippen molar-refractivity contribution in [1.29, 1.82) is 0 Å². The van der Waals surface area contributed by atoms with Crippen molar-refractivity contribution >= 4 is 0 Å². The molecule has 0 N–H and O–H groups in total. The van der Waals surface area contributed by atoms with E-state index >= 15 is 0 Å². The maximum absolute atomic E-state index is 12.5. The van der Waals surface area contributed by atoms with E-state index in [2.05, 4.69) is 9.97 Å². The molecule has 94 valence electrons. The molecule has 0 saturated carbocycles. The fraction of sp³-hybridized carbons (Fsp3) is 0.231. The normalized spacial score (nSPS) is 11.6. The zero-order valence-electron chi connectivity index (χ0n) is 9.92. The topological polar surface area (TPSA) is 25.8 Å². The molecule has 18 heavy (non-hydrogen) atoms. The number of halogens is 3. The van der Waals surface area contributed by atoms with Gasteiger partial charge in [-0.05, 0) is 37.1 Å². The molecule has 0 fully saturated rings. The van der Waals surface area contributed by atoms with Gasteiger partial charge in [-0.25, -0.2) is 9.97 Å². The molecule has 1 aromatic heterocycles. The van der Waals surface area contributed by atoms with Crippen LogP contribution in [0.3, 0.4) is 0 Å². The summed E-state index contributed by atoms with van der Waals surface area (Å²) in [6, 6.07) is 6.90. The quantitative estimate of drug-likeness (QED) is 0.771. The summed E-state index contributed by atoms with van der Waals surface area (Å²) in [7, 11) is 0. The van der Waals surface area contributed by atoms with Crippen molar-refractivity contribution in [3.63, 3.8) is 0 Å². The summed E-state index contributed by atoms with van der Waals surface area (Å²) in [5.74, 6) is -1.11. The van der Waals surface area contributed by atoms with Gasteiger partial charge in [0.25, 0.3) is 0 Å². The Labute approximate surface area is 103 Å². The van der Waals surface area contributed by atoms with Gasteiger partial charge >= 0.3 is 6.18 Å². The van der Waals surface area contributed by atoms with Crippen molar-refractivity contribution in [2.45, 2.75) is 20.0 Å². The molecule has 0 aliphatic rings. The highest BCUT2D eigenvalue weighted by molar-refractivity contribution is 5.60. The van der Waals surface area contributed by atoms with Crippen LogP contribution >= 0.6 is 0 Å². The van der Waals surface area contributed by atoms with E-state index < -0.39 is 12.0 Å². The van der Waals surface area contributed by atoms with Crippen LogP contribution in [0.2, 0.25) is 0 Å². The van der Waals surface area contributed by atoms with E-state index in [1.165, 1.54) is 6.07 Å². The summed E-state index contributed by atoms with van der Waals surface area (Å²) in [6.07, 6.45) is -3.39.